The summed E-state index contributed by atoms with van der Waals surface area (Å²) in [5.41, 5.74) is 1.17. The van der Waals surface area contributed by atoms with Crippen LogP contribution in [0.5, 0.6) is 0 Å². The van der Waals surface area contributed by atoms with Crippen molar-refractivity contribution < 1.29 is 4.79 Å². The quantitative estimate of drug-likeness (QED) is 0.563. The Bertz CT molecular complexity index is 345. The summed E-state index contributed by atoms with van der Waals surface area (Å²) in [5.74, 6) is -0.102. The largest absolute Gasteiger partial charge is 0.346 e. The van der Waals surface area contributed by atoms with E-state index in [-0.39, 0.29) is 11.9 Å². The first-order chi connectivity index (χ1) is 8.27. The molecule has 0 radical (unpaired) electrons. The van der Waals surface area contributed by atoms with Gasteiger partial charge in [-0.3, -0.25) is 4.79 Å². The Kier molecular flexibility index (Phi) is 6.08. The zero-order chi connectivity index (χ0) is 12.5. The molecule has 0 aliphatic rings. The van der Waals surface area contributed by atoms with E-state index in [1.54, 1.807) is 0 Å². The van der Waals surface area contributed by atoms with E-state index in [0.717, 1.165) is 12.8 Å². The van der Waals surface area contributed by atoms with Gasteiger partial charge in [0.05, 0.1) is 6.04 Å². The van der Waals surface area contributed by atoms with E-state index in [0.29, 0.717) is 0 Å². The minimum atomic E-state index is -0.102. The van der Waals surface area contributed by atoms with Gasteiger partial charge in [-0.25, -0.2) is 0 Å². The lowest BCUT2D eigenvalue weighted by molar-refractivity contribution is -0.117. The third-order valence-corrected chi connectivity index (χ3v) is 2.80. The number of hydrogen-bond acceptors (Lipinski definition) is 1. The van der Waals surface area contributed by atoms with Crippen molar-refractivity contribution in [2.75, 3.05) is 0 Å². The Morgan fingerprint density at radius 2 is 2.06 bits per heavy atom. The number of carbonyl (C=O) groups excluding carboxylic acids is 1. The van der Waals surface area contributed by atoms with Crippen LogP contribution >= 0.6 is 0 Å². The van der Waals surface area contributed by atoms with Crippen LogP contribution in [0.4, 0.5) is 0 Å². The fourth-order valence-corrected chi connectivity index (χ4v) is 1.84. The van der Waals surface area contributed by atoms with Crippen LogP contribution in [0.1, 0.15) is 44.2 Å². The Hall–Kier alpha value is -1.57. The molecule has 1 aromatic carbocycles. The van der Waals surface area contributed by atoms with Crippen LogP contribution in [0.2, 0.25) is 0 Å². The van der Waals surface area contributed by atoms with Crippen molar-refractivity contribution in [2.45, 2.75) is 38.6 Å². The first kappa shape index (κ1) is 13.5. The first-order valence-electron chi connectivity index (χ1n) is 6.25. The van der Waals surface area contributed by atoms with Gasteiger partial charge in [0.15, 0.2) is 0 Å². The van der Waals surface area contributed by atoms with Crippen molar-refractivity contribution in [3.63, 3.8) is 0 Å². The predicted octanol–water partition coefficient (Wildman–Crippen LogP) is 3.61. The van der Waals surface area contributed by atoms with Crippen LogP contribution in [0, 0.1) is 0 Å². The summed E-state index contributed by atoms with van der Waals surface area (Å²) >= 11 is 0. The average Bonchev–Trinajstić information content (AvgIpc) is 2.38. The molecule has 0 spiro atoms. The molecular formula is C15H21NO. The minimum absolute atomic E-state index is 0.102. The van der Waals surface area contributed by atoms with Crippen molar-refractivity contribution in [1.82, 2.24) is 5.32 Å². The molecule has 1 unspecified atom stereocenters. The molecule has 2 heteroatoms. The van der Waals surface area contributed by atoms with Gasteiger partial charge in [0.25, 0.3) is 0 Å². The van der Waals surface area contributed by atoms with Gasteiger partial charge in [0.2, 0.25) is 5.91 Å². The average molecular weight is 231 g/mol. The van der Waals surface area contributed by atoms with Crippen LogP contribution in [-0.2, 0) is 4.79 Å². The van der Waals surface area contributed by atoms with E-state index in [1.807, 2.05) is 18.2 Å². The predicted molar refractivity (Wildman–Crippen MR) is 71.7 cm³/mol. The van der Waals surface area contributed by atoms with E-state index >= 15 is 0 Å². The lowest BCUT2D eigenvalue weighted by Crippen LogP contribution is -2.26. The maximum atomic E-state index is 11.4. The van der Waals surface area contributed by atoms with Gasteiger partial charge in [-0.05, 0) is 18.1 Å². The van der Waals surface area contributed by atoms with Crippen molar-refractivity contribution in [3.8, 4) is 0 Å². The highest BCUT2D eigenvalue weighted by molar-refractivity contribution is 5.87. The van der Waals surface area contributed by atoms with Crippen LogP contribution in [0.3, 0.4) is 0 Å². The number of hydrogen-bond donors (Lipinski definition) is 1. The smallest absolute Gasteiger partial charge is 0.243 e. The van der Waals surface area contributed by atoms with E-state index in [1.165, 1.54) is 24.5 Å². The topological polar surface area (TPSA) is 29.1 Å². The molecule has 1 N–H and O–H groups in total. The Morgan fingerprint density at radius 3 is 2.65 bits per heavy atom. The SMILES string of the molecule is C=CC(=O)NC(CCCCC)c1ccccc1. The van der Waals surface area contributed by atoms with Crippen LogP contribution in [0.15, 0.2) is 43.0 Å². The van der Waals surface area contributed by atoms with Gasteiger partial charge in [-0.15, -0.1) is 0 Å². The highest BCUT2D eigenvalue weighted by Gasteiger charge is 2.11. The zero-order valence-corrected chi connectivity index (χ0v) is 10.5. The monoisotopic (exact) mass is 231 g/mol. The van der Waals surface area contributed by atoms with E-state index in [2.05, 4.69) is 31.0 Å². The molecule has 0 saturated heterocycles. The molecule has 1 rings (SSSR count). The fraction of sp³-hybridized carbons (Fsp3) is 0.400. The molecule has 1 amide bonds. The maximum Gasteiger partial charge on any atom is 0.243 e. The number of benzene rings is 1. The van der Waals surface area contributed by atoms with Gasteiger partial charge >= 0.3 is 0 Å². The van der Waals surface area contributed by atoms with Crippen molar-refractivity contribution in [3.05, 3.63) is 48.6 Å². The second-order valence-corrected chi connectivity index (χ2v) is 4.17. The third kappa shape index (κ3) is 4.85. The molecule has 17 heavy (non-hydrogen) atoms. The molecule has 2 nitrogen and oxygen atoms in total. The lowest BCUT2D eigenvalue weighted by atomic mass is 10.0. The van der Waals surface area contributed by atoms with Crippen molar-refractivity contribution >= 4 is 5.91 Å². The summed E-state index contributed by atoms with van der Waals surface area (Å²) in [6.07, 6.45) is 5.84. The number of rotatable bonds is 7. The second kappa shape index (κ2) is 7.66. The Morgan fingerprint density at radius 1 is 1.35 bits per heavy atom. The number of carbonyl (C=O) groups is 1. The molecular weight excluding hydrogens is 210 g/mol. The van der Waals surface area contributed by atoms with Crippen molar-refractivity contribution in [1.29, 1.82) is 0 Å². The van der Waals surface area contributed by atoms with Gasteiger partial charge < -0.3 is 5.32 Å². The molecule has 0 aliphatic heterocycles. The van der Waals surface area contributed by atoms with Crippen LogP contribution in [0.25, 0.3) is 0 Å². The number of unbranched alkanes of at least 4 members (excludes halogenated alkanes) is 2. The molecule has 0 aliphatic carbocycles. The summed E-state index contributed by atoms with van der Waals surface area (Å²) in [6, 6.07) is 10.2. The number of nitrogens with one attached hydrogen (secondary N) is 1. The standard InChI is InChI=1S/C15H21NO/c1-3-5-7-12-14(16-15(17)4-2)13-10-8-6-9-11-13/h4,6,8-11,14H,2-3,5,7,12H2,1H3,(H,16,17). The van der Waals surface area contributed by atoms with E-state index < -0.39 is 0 Å². The zero-order valence-electron chi connectivity index (χ0n) is 10.5. The van der Waals surface area contributed by atoms with Gasteiger partial charge in [0.1, 0.15) is 0 Å². The van der Waals surface area contributed by atoms with Gasteiger partial charge in [0, 0.05) is 0 Å². The summed E-state index contributed by atoms with van der Waals surface area (Å²) < 4.78 is 0. The summed E-state index contributed by atoms with van der Waals surface area (Å²) in [6.45, 7) is 5.67. The Labute approximate surface area is 104 Å². The second-order valence-electron chi connectivity index (χ2n) is 4.17. The summed E-state index contributed by atoms with van der Waals surface area (Å²) in [4.78, 5) is 11.4. The molecule has 1 atom stereocenters. The lowest BCUT2D eigenvalue weighted by Gasteiger charge is -2.18. The maximum absolute atomic E-state index is 11.4. The number of amides is 1. The molecule has 0 bridgehead atoms. The van der Waals surface area contributed by atoms with Gasteiger partial charge in [-0.1, -0.05) is 63.1 Å². The minimum Gasteiger partial charge on any atom is -0.346 e. The van der Waals surface area contributed by atoms with E-state index in [9.17, 15) is 4.79 Å². The first-order valence-corrected chi connectivity index (χ1v) is 6.25. The Balaban J connectivity index is 2.65. The molecule has 0 heterocycles. The molecule has 92 valence electrons. The van der Waals surface area contributed by atoms with E-state index in [4.69, 9.17) is 0 Å². The highest BCUT2D eigenvalue weighted by Crippen LogP contribution is 2.19. The molecule has 0 aromatic heterocycles. The molecule has 0 saturated carbocycles. The summed E-state index contributed by atoms with van der Waals surface area (Å²) in [5, 5.41) is 2.98. The molecule has 0 fully saturated rings. The van der Waals surface area contributed by atoms with Crippen LogP contribution < -0.4 is 5.32 Å². The summed E-state index contributed by atoms with van der Waals surface area (Å²) in [7, 11) is 0. The van der Waals surface area contributed by atoms with Gasteiger partial charge in [-0.2, -0.15) is 0 Å². The van der Waals surface area contributed by atoms with Crippen LogP contribution in [-0.4, -0.2) is 5.91 Å². The highest BCUT2D eigenvalue weighted by atomic mass is 16.1. The fourth-order valence-electron chi connectivity index (χ4n) is 1.84. The third-order valence-electron chi connectivity index (χ3n) is 2.80. The molecule has 1 aromatic rings. The normalized spacial score (nSPS) is 11.8. The van der Waals surface area contributed by atoms with Crippen molar-refractivity contribution in [2.24, 2.45) is 0 Å².